The van der Waals surface area contributed by atoms with Gasteiger partial charge in [-0.2, -0.15) is 0 Å². The lowest BCUT2D eigenvalue weighted by Crippen LogP contribution is -2.00. The second kappa shape index (κ2) is 2.16. The standard InChI is InChI=1S/C6H9FO/c1-2-6-3-5(7)4-8-6/h4,6H,2-3H2,1H3/t6-/m0/s1. The molecule has 46 valence electrons. The van der Waals surface area contributed by atoms with Gasteiger partial charge in [0.2, 0.25) is 0 Å². The molecule has 0 spiro atoms. The molecule has 0 aromatic heterocycles. The Hall–Kier alpha value is -0.530. The van der Waals surface area contributed by atoms with Gasteiger partial charge in [-0.25, -0.2) is 4.39 Å². The Kier molecular flexibility index (Phi) is 1.51. The van der Waals surface area contributed by atoms with Crippen molar-refractivity contribution in [2.45, 2.75) is 25.9 Å². The Labute approximate surface area is 48.1 Å². The molecule has 0 aromatic rings. The van der Waals surface area contributed by atoms with Crippen molar-refractivity contribution in [3.63, 3.8) is 0 Å². The lowest BCUT2D eigenvalue weighted by atomic mass is 10.2. The van der Waals surface area contributed by atoms with E-state index in [2.05, 4.69) is 0 Å². The topological polar surface area (TPSA) is 9.23 Å². The summed E-state index contributed by atoms with van der Waals surface area (Å²) in [6.45, 7) is 1.98. The molecule has 8 heavy (non-hydrogen) atoms. The van der Waals surface area contributed by atoms with Crippen LogP contribution in [0.4, 0.5) is 4.39 Å². The highest BCUT2D eigenvalue weighted by molar-refractivity contribution is 4.94. The van der Waals surface area contributed by atoms with Crippen molar-refractivity contribution >= 4 is 0 Å². The van der Waals surface area contributed by atoms with Gasteiger partial charge in [-0.3, -0.25) is 0 Å². The second-order valence-electron chi connectivity index (χ2n) is 1.94. The molecule has 0 saturated carbocycles. The van der Waals surface area contributed by atoms with Crippen molar-refractivity contribution in [1.82, 2.24) is 0 Å². The molecular weight excluding hydrogens is 107 g/mol. The Morgan fingerprint density at radius 3 is 3.00 bits per heavy atom. The summed E-state index contributed by atoms with van der Waals surface area (Å²) in [5.74, 6) is -0.128. The molecule has 0 unspecified atom stereocenters. The van der Waals surface area contributed by atoms with Crippen LogP contribution >= 0.6 is 0 Å². The van der Waals surface area contributed by atoms with Crippen molar-refractivity contribution in [2.24, 2.45) is 0 Å². The Bertz CT molecular complexity index is 109. The van der Waals surface area contributed by atoms with Gasteiger partial charge in [0.15, 0.2) is 0 Å². The van der Waals surface area contributed by atoms with Crippen LogP contribution in [0.2, 0.25) is 0 Å². The molecule has 2 heteroatoms. The highest BCUT2D eigenvalue weighted by Gasteiger charge is 2.15. The fourth-order valence-corrected chi connectivity index (χ4v) is 0.724. The van der Waals surface area contributed by atoms with Gasteiger partial charge in [0, 0.05) is 6.42 Å². The van der Waals surface area contributed by atoms with E-state index < -0.39 is 0 Å². The van der Waals surface area contributed by atoms with Crippen LogP contribution in [0.15, 0.2) is 12.1 Å². The zero-order valence-electron chi connectivity index (χ0n) is 4.86. The lowest BCUT2D eigenvalue weighted by molar-refractivity contribution is 0.166. The molecule has 1 aliphatic rings. The van der Waals surface area contributed by atoms with Crippen LogP contribution in [0, 0.1) is 0 Å². The van der Waals surface area contributed by atoms with Crippen molar-refractivity contribution in [3.05, 3.63) is 12.1 Å². The zero-order valence-corrected chi connectivity index (χ0v) is 4.86. The van der Waals surface area contributed by atoms with E-state index in [1.54, 1.807) is 0 Å². The minimum Gasteiger partial charge on any atom is -0.495 e. The molecule has 0 bridgehead atoms. The fourth-order valence-electron chi connectivity index (χ4n) is 0.724. The third-order valence-corrected chi connectivity index (χ3v) is 1.27. The van der Waals surface area contributed by atoms with E-state index in [-0.39, 0.29) is 11.9 Å². The van der Waals surface area contributed by atoms with Crippen LogP contribution in [0.5, 0.6) is 0 Å². The molecule has 0 saturated heterocycles. The van der Waals surface area contributed by atoms with Gasteiger partial charge in [-0.15, -0.1) is 0 Å². The van der Waals surface area contributed by atoms with E-state index in [1.807, 2.05) is 6.92 Å². The second-order valence-corrected chi connectivity index (χ2v) is 1.94. The average molecular weight is 116 g/mol. The van der Waals surface area contributed by atoms with Crippen molar-refractivity contribution in [1.29, 1.82) is 0 Å². The summed E-state index contributed by atoms with van der Waals surface area (Å²) < 4.78 is 17.0. The van der Waals surface area contributed by atoms with Gasteiger partial charge < -0.3 is 4.74 Å². The molecule has 1 rings (SSSR count). The molecule has 1 nitrogen and oxygen atoms in total. The minimum absolute atomic E-state index is 0.106. The van der Waals surface area contributed by atoms with Gasteiger partial charge in [0.25, 0.3) is 0 Å². The first-order valence-electron chi connectivity index (χ1n) is 2.83. The highest BCUT2D eigenvalue weighted by Crippen LogP contribution is 2.20. The Morgan fingerprint density at radius 1 is 2.00 bits per heavy atom. The van der Waals surface area contributed by atoms with Crippen LogP contribution in [-0.4, -0.2) is 6.10 Å². The van der Waals surface area contributed by atoms with Crippen LogP contribution in [0.1, 0.15) is 19.8 Å². The summed E-state index contributed by atoms with van der Waals surface area (Å²) >= 11 is 0. The maximum Gasteiger partial charge on any atom is 0.138 e. The molecule has 0 fully saturated rings. The quantitative estimate of drug-likeness (QED) is 0.509. The first-order chi connectivity index (χ1) is 3.83. The van der Waals surface area contributed by atoms with E-state index in [0.29, 0.717) is 6.42 Å². The van der Waals surface area contributed by atoms with Crippen LogP contribution in [0.3, 0.4) is 0 Å². The van der Waals surface area contributed by atoms with Crippen LogP contribution in [-0.2, 0) is 4.74 Å². The van der Waals surface area contributed by atoms with Gasteiger partial charge in [0.1, 0.15) is 18.2 Å². The molecule has 1 heterocycles. The van der Waals surface area contributed by atoms with E-state index in [0.717, 1.165) is 6.42 Å². The molecule has 0 aliphatic carbocycles. The number of halogens is 1. The smallest absolute Gasteiger partial charge is 0.138 e. The predicted molar refractivity (Wildman–Crippen MR) is 29.0 cm³/mol. The monoisotopic (exact) mass is 116 g/mol. The van der Waals surface area contributed by atoms with Crippen molar-refractivity contribution < 1.29 is 9.13 Å². The molecule has 0 aromatic carbocycles. The van der Waals surface area contributed by atoms with Crippen molar-refractivity contribution in [2.75, 3.05) is 0 Å². The highest BCUT2D eigenvalue weighted by atomic mass is 19.1. The largest absolute Gasteiger partial charge is 0.495 e. The summed E-state index contributed by atoms with van der Waals surface area (Å²) in [6.07, 6.45) is 2.67. The summed E-state index contributed by atoms with van der Waals surface area (Å²) in [7, 11) is 0. The van der Waals surface area contributed by atoms with Crippen LogP contribution in [0.25, 0.3) is 0 Å². The normalized spacial score (nSPS) is 27.2. The van der Waals surface area contributed by atoms with Gasteiger partial charge >= 0.3 is 0 Å². The Balaban J connectivity index is 2.32. The lowest BCUT2D eigenvalue weighted by Gasteiger charge is -2.02. The predicted octanol–water partition coefficient (Wildman–Crippen LogP) is 2.00. The molecule has 1 atom stereocenters. The fraction of sp³-hybridized carbons (Fsp3) is 0.667. The molecular formula is C6H9FO. The maximum atomic E-state index is 12.1. The summed E-state index contributed by atoms with van der Waals surface area (Å²) in [5.41, 5.74) is 0. The van der Waals surface area contributed by atoms with E-state index in [1.165, 1.54) is 6.26 Å². The summed E-state index contributed by atoms with van der Waals surface area (Å²) in [5, 5.41) is 0. The number of rotatable bonds is 1. The maximum absolute atomic E-state index is 12.1. The van der Waals surface area contributed by atoms with Gasteiger partial charge in [-0.1, -0.05) is 6.92 Å². The SMILES string of the molecule is CC[C@H]1CC(F)=CO1. The average Bonchev–Trinajstić information content (AvgIpc) is 2.14. The number of hydrogen-bond acceptors (Lipinski definition) is 1. The molecule has 0 N–H and O–H groups in total. The molecule has 0 amide bonds. The summed E-state index contributed by atoms with van der Waals surface area (Å²) in [4.78, 5) is 0. The van der Waals surface area contributed by atoms with Gasteiger partial charge in [-0.05, 0) is 6.42 Å². The number of ether oxygens (including phenoxy) is 1. The van der Waals surface area contributed by atoms with Crippen molar-refractivity contribution in [3.8, 4) is 0 Å². The van der Waals surface area contributed by atoms with Gasteiger partial charge in [0.05, 0.1) is 0 Å². The molecule has 1 aliphatic heterocycles. The Morgan fingerprint density at radius 2 is 2.75 bits per heavy atom. The molecule has 0 radical (unpaired) electrons. The van der Waals surface area contributed by atoms with E-state index >= 15 is 0 Å². The number of hydrogen-bond donors (Lipinski definition) is 0. The van der Waals surface area contributed by atoms with E-state index in [9.17, 15) is 4.39 Å². The third kappa shape index (κ3) is 0.997. The van der Waals surface area contributed by atoms with Crippen LogP contribution < -0.4 is 0 Å². The third-order valence-electron chi connectivity index (χ3n) is 1.27. The zero-order chi connectivity index (χ0) is 5.98. The first kappa shape index (κ1) is 5.60. The van der Waals surface area contributed by atoms with E-state index in [4.69, 9.17) is 4.74 Å². The summed E-state index contributed by atoms with van der Waals surface area (Å²) in [6, 6.07) is 0. The first-order valence-corrected chi connectivity index (χ1v) is 2.83. The minimum atomic E-state index is -0.128.